The van der Waals surface area contributed by atoms with E-state index in [0.29, 0.717) is 0 Å². The molecule has 0 heterocycles. The largest absolute Gasteiger partial charge is 0.326 e. The van der Waals surface area contributed by atoms with Gasteiger partial charge in [0.25, 0.3) is 0 Å². The van der Waals surface area contributed by atoms with E-state index < -0.39 is 0 Å². The molecule has 1 aromatic carbocycles. The third kappa shape index (κ3) is 5.20. The van der Waals surface area contributed by atoms with Crippen LogP contribution < -0.4 is 5.73 Å². The Morgan fingerprint density at radius 2 is 1.71 bits per heavy atom. The van der Waals surface area contributed by atoms with Crippen LogP contribution in [-0.2, 0) is 6.42 Å². The van der Waals surface area contributed by atoms with Gasteiger partial charge in [-0.2, -0.15) is 0 Å². The number of hydrogen-bond donors (Lipinski definition) is 1. The molecule has 2 N–H and O–H groups in total. The van der Waals surface area contributed by atoms with Crippen LogP contribution in [0.2, 0.25) is 0 Å². The second kappa shape index (κ2) is 5.32. The number of benzene rings is 1. The second-order valence-corrected chi connectivity index (χ2v) is 4.12. The monoisotopic (exact) mass is 217 g/mol. The van der Waals surface area contributed by atoms with Crippen molar-refractivity contribution in [3.63, 3.8) is 0 Å². The Morgan fingerprint density at radius 3 is 2.14 bits per heavy atom. The van der Waals surface area contributed by atoms with E-state index in [9.17, 15) is 4.39 Å². The number of hydrogen-bond acceptors (Lipinski definition) is 1. The van der Waals surface area contributed by atoms with E-state index in [0.717, 1.165) is 18.4 Å². The first kappa shape index (κ1) is 13.4. The molecule has 0 saturated heterocycles. The van der Waals surface area contributed by atoms with Gasteiger partial charge in [-0.25, -0.2) is 4.39 Å². The lowest BCUT2D eigenvalue weighted by atomic mass is 9.97. The third-order valence-electron chi connectivity index (χ3n) is 1.97. The molecule has 0 spiro atoms. The van der Waals surface area contributed by atoms with Crippen LogP contribution in [0.4, 0.5) is 4.39 Å². The molecule has 1 aromatic rings. The van der Waals surface area contributed by atoms with Crippen molar-refractivity contribution in [2.24, 2.45) is 5.73 Å². The molecule has 0 saturated carbocycles. The van der Waals surface area contributed by atoms with Gasteiger partial charge in [0.15, 0.2) is 0 Å². The van der Waals surface area contributed by atoms with Crippen molar-refractivity contribution in [3.05, 3.63) is 35.6 Å². The van der Waals surface area contributed by atoms with E-state index in [1.165, 1.54) is 12.1 Å². The van der Waals surface area contributed by atoms with Crippen LogP contribution >= 0.6 is 12.4 Å². The van der Waals surface area contributed by atoms with Crippen molar-refractivity contribution in [2.75, 3.05) is 0 Å². The lowest BCUT2D eigenvalue weighted by Crippen LogP contribution is -2.32. The van der Waals surface area contributed by atoms with E-state index >= 15 is 0 Å². The fraction of sp³-hybridized carbons (Fsp3) is 0.455. The summed E-state index contributed by atoms with van der Waals surface area (Å²) >= 11 is 0. The van der Waals surface area contributed by atoms with Crippen molar-refractivity contribution < 1.29 is 4.39 Å². The molecule has 0 aliphatic carbocycles. The first-order valence-electron chi connectivity index (χ1n) is 4.51. The number of nitrogens with two attached hydrogens (primary N) is 1. The SMILES string of the molecule is CC(C)(N)CCc1ccc(F)cc1.Cl. The van der Waals surface area contributed by atoms with Gasteiger partial charge in [0.1, 0.15) is 5.82 Å². The number of rotatable bonds is 3. The van der Waals surface area contributed by atoms with Crippen molar-refractivity contribution in [3.8, 4) is 0 Å². The predicted octanol–water partition coefficient (Wildman–Crippen LogP) is 2.92. The summed E-state index contributed by atoms with van der Waals surface area (Å²) in [6.07, 6.45) is 1.82. The molecular formula is C11H17ClFN. The smallest absolute Gasteiger partial charge is 0.123 e. The van der Waals surface area contributed by atoms with Crippen LogP contribution in [-0.4, -0.2) is 5.54 Å². The fourth-order valence-electron chi connectivity index (χ4n) is 1.12. The zero-order valence-corrected chi connectivity index (χ0v) is 9.40. The van der Waals surface area contributed by atoms with Crippen molar-refractivity contribution in [2.45, 2.75) is 32.2 Å². The highest BCUT2D eigenvalue weighted by Crippen LogP contribution is 2.11. The maximum absolute atomic E-state index is 12.5. The van der Waals surface area contributed by atoms with Gasteiger partial charge in [-0.1, -0.05) is 12.1 Å². The zero-order chi connectivity index (χ0) is 9.90. The predicted molar refractivity (Wildman–Crippen MR) is 60.2 cm³/mol. The Bertz CT molecular complexity index is 264. The van der Waals surface area contributed by atoms with Gasteiger partial charge in [-0.15, -0.1) is 12.4 Å². The average Bonchev–Trinajstić information content (AvgIpc) is 2.02. The normalized spacial score (nSPS) is 10.9. The molecule has 3 heteroatoms. The first-order chi connectivity index (χ1) is 5.97. The molecule has 0 bridgehead atoms. The van der Waals surface area contributed by atoms with E-state index in [-0.39, 0.29) is 23.8 Å². The molecule has 0 aliphatic heterocycles. The molecule has 1 nitrogen and oxygen atoms in total. The molecule has 0 radical (unpaired) electrons. The molecule has 0 amide bonds. The molecule has 0 fully saturated rings. The quantitative estimate of drug-likeness (QED) is 0.828. The van der Waals surface area contributed by atoms with Crippen LogP contribution in [0.15, 0.2) is 24.3 Å². The Morgan fingerprint density at radius 1 is 1.21 bits per heavy atom. The van der Waals surface area contributed by atoms with Gasteiger partial charge in [-0.05, 0) is 44.4 Å². The van der Waals surface area contributed by atoms with Crippen LogP contribution in [0.3, 0.4) is 0 Å². The summed E-state index contributed by atoms with van der Waals surface area (Å²) in [5, 5.41) is 0. The summed E-state index contributed by atoms with van der Waals surface area (Å²) in [6.45, 7) is 3.99. The van der Waals surface area contributed by atoms with Gasteiger partial charge in [-0.3, -0.25) is 0 Å². The van der Waals surface area contributed by atoms with E-state index in [1.807, 2.05) is 13.8 Å². The van der Waals surface area contributed by atoms with Crippen LogP contribution in [0.25, 0.3) is 0 Å². The summed E-state index contributed by atoms with van der Waals surface area (Å²) < 4.78 is 12.5. The first-order valence-corrected chi connectivity index (χ1v) is 4.51. The Hall–Kier alpha value is -0.600. The minimum atomic E-state index is -0.184. The van der Waals surface area contributed by atoms with Gasteiger partial charge >= 0.3 is 0 Å². The molecule has 0 atom stereocenters. The highest BCUT2D eigenvalue weighted by Gasteiger charge is 2.09. The fourth-order valence-corrected chi connectivity index (χ4v) is 1.12. The van der Waals surface area contributed by atoms with Gasteiger partial charge in [0.05, 0.1) is 0 Å². The Balaban J connectivity index is 0.00000169. The zero-order valence-electron chi connectivity index (χ0n) is 8.59. The van der Waals surface area contributed by atoms with Crippen LogP contribution in [0.5, 0.6) is 0 Å². The molecule has 1 rings (SSSR count). The maximum atomic E-state index is 12.5. The highest BCUT2D eigenvalue weighted by molar-refractivity contribution is 5.85. The van der Waals surface area contributed by atoms with Gasteiger partial charge in [0, 0.05) is 5.54 Å². The van der Waals surface area contributed by atoms with E-state index in [4.69, 9.17) is 5.73 Å². The standard InChI is InChI=1S/C11H16FN.ClH/c1-11(2,13)8-7-9-3-5-10(12)6-4-9;/h3-6H,7-8,13H2,1-2H3;1H. The minimum absolute atomic E-state index is 0. The lowest BCUT2D eigenvalue weighted by molar-refractivity contribution is 0.476. The minimum Gasteiger partial charge on any atom is -0.326 e. The van der Waals surface area contributed by atoms with Crippen molar-refractivity contribution in [1.82, 2.24) is 0 Å². The third-order valence-corrected chi connectivity index (χ3v) is 1.97. The summed E-state index contributed by atoms with van der Waals surface area (Å²) in [5.41, 5.74) is 6.83. The second-order valence-electron chi connectivity index (χ2n) is 4.12. The van der Waals surface area contributed by atoms with E-state index in [2.05, 4.69) is 0 Å². The highest BCUT2D eigenvalue weighted by atomic mass is 35.5. The Kier molecular flexibility index (Phi) is 5.09. The average molecular weight is 218 g/mol. The van der Waals surface area contributed by atoms with Crippen molar-refractivity contribution in [1.29, 1.82) is 0 Å². The van der Waals surface area contributed by atoms with E-state index in [1.54, 1.807) is 12.1 Å². The number of halogens is 2. The van der Waals surface area contributed by atoms with Gasteiger partial charge < -0.3 is 5.73 Å². The summed E-state index contributed by atoms with van der Waals surface area (Å²) in [6, 6.07) is 6.58. The molecule has 80 valence electrons. The molecule has 14 heavy (non-hydrogen) atoms. The van der Waals surface area contributed by atoms with Gasteiger partial charge in [0.2, 0.25) is 0 Å². The van der Waals surface area contributed by atoms with Crippen LogP contribution in [0.1, 0.15) is 25.8 Å². The lowest BCUT2D eigenvalue weighted by Gasteiger charge is -2.17. The molecule has 0 unspecified atom stereocenters. The molecular weight excluding hydrogens is 201 g/mol. The van der Waals surface area contributed by atoms with Crippen LogP contribution in [0, 0.1) is 5.82 Å². The molecule has 0 aromatic heterocycles. The Labute approximate surface area is 90.9 Å². The summed E-state index contributed by atoms with van der Waals surface area (Å²) in [7, 11) is 0. The summed E-state index contributed by atoms with van der Waals surface area (Å²) in [4.78, 5) is 0. The summed E-state index contributed by atoms with van der Waals surface area (Å²) in [5.74, 6) is -0.184. The molecule has 0 aliphatic rings. The van der Waals surface area contributed by atoms with Crippen molar-refractivity contribution >= 4 is 12.4 Å². The number of aryl methyl sites for hydroxylation is 1. The topological polar surface area (TPSA) is 26.0 Å². The maximum Gasteiger partial charge on any atom is 0.123 e.